The Morgan fingerprint density at radius 1 is 1.00 bits per heavy atom. The predicted octanol–water partition coefficient (Wildman–Crippen LogP) is 5.73. The first-order chi connectivity index (χ1) is 11.3. The molecule has 3 rings (SSSR count). The quantitative estimate of drug-likeness (QED) is 0.716. The fourth-order valence-electron chi connectivity index (χ4n) is 3.30. The van der Waals surface area contributed by atoms with Crippen LogP contribution in [0.4, 0.5) is 0 Å². The smallest absolute Gasteiger partial charge is 0.131 e. The lowest BCUT2D eigenvalue weighted by Gasteiger charge is -2.25. The normalized spacial score (nSPS) is 21.7. The second-order valence-corrected chi connectivity index (χ2v) is 6.56. The summed E-state index contributed by atoms with van der Waals surface area (Å²) in [6.07, 6.45) is 11.8. The summed E-state index contributed by atoms with van der Waals surface area (Å²) in [4.78, 5) is 9.27. The van der Waals surface area contributed by atoms with Gasteiger partial charge in [-0.1, -0.05) is 48.9 Å². The molecule has 0 aliphatic heterocycles. The standard InChI is InChI=1S/C20H23ClN2/c1-2-15-3-7-17(8-4-15)19-13-22-20(23-14-19)18-9-5-16(6-10-18)11-12-21/h3-4,7-8,11-14,16,18H,2,5-6,9-10H2,1H3. The number of hydrogen-bond donors (Lipinski definition) is 0. The van der Waals surface area contributed by atoms with Crippen LogP contribution in [0.15, 0.2) is 48.3 Å². The minimum Gasteiger partial charge on any atom is -0.240 e. The van der Waals surface area contributed by atoms with E-state index in [4.69, 9.17) is 11.6 Å². The maximum atomic E-state index is 5.68. The van der Waals surface area contributed by atoms with Crippen LogP contribution < -0.4 is 0 Å². The van der Waals surface area contributed by atoms with E-state index < -0.39 is 0 Å². The monoisotopic (exact) mass is 326 g/mol. The Balaban J connectivity index is 1.67. The third-order valence-corrected chi connectivity index (χ3v) is 4.99. The van der Waals surface area contributed by atoms with Crippen LogP contribution in [0.5, 0.6) is 0 Å². The zero-order valence-electron chi connectivity index (χ0n) is 13.6. The molecule has 23 heavy (non-hydrogen) atoms. The summed E-state index contributed by atoms with van der Waals surface area (Å²) in [6.45, 7) is 2.17. The Kier molecular flexibility index (Phi) is 5.45. The largest absolute Gasteiger partial charge is 0.240 e. The summed E-state index contributed by atoms with van der Waals surface area (Å²) in [7, 11) is 0. The van der Waals surface area contributed by atoms with E-state index in [1.165, 1.54) is 24.0 Å². The summed E-state index contributed by atoms with van der Waals surface area (Å²) in [5, 5.41) is 0. The van der Waals surface area contributed by atoms with Gasteiger partial charge in [0.15, 0.2) is 0 Å². The maximum absolute atomic E-state index is 5.68. The average Bonchev–Trinajstić information content (AvgIpc) is 2.63. The van der Waals surface area contributed by atoms with Crippen LogP contribution in [0, 0.1) is 5.92 Å². The molecule has 0 radical (unpaired) electrons. The van der Waals surface area contributed by atoms with Crippen molar-refractivity contribution in [3.63, 3.8) is 0 Å². The molecule has 120 valence electrons. The van der Waals surface area contributed by atoms with Gasteiger partial charge in [0.25, 0.3) is 0 Å². The van der Waals surface area contributed by atoms with Crippen LogP contribution in [0.2, 0.25) is 0 Å². The minimum absolute atomic E-state index is 0.492. The van der Waals surface area contributed by atoms with E-state index in [0.717, 1.165) is 30.7 Å². The molecular formula is C20H23ClN2. The number of halogens is 1. The molecule has 0 bridgehead atoms. The summed E-state index contributed by atoms with van der Waals surface area (Å²) in [5.41, 5.74) is 5.29. The molecule has 1 aliphatic rings. The second-order valence-electron chi connectivity index (χ2n) is 6.31. The van der Waals surface area contributed by atoms with Gasteiger partial charge in [-0.3, -0.25) is 0 Å². The van der Waals surface area contributed by atoms with Crippen LogP contribution in [0.1, 0.15) is 49.9 Å². The van der Waals surface area contributed by atoms with Crippen molar-refractivity contribution in [1.82, 2.24) is 9.97 Å². The van der Waals surface area contributed by atoms with E-state index in [0.29, 0.717) is 11.8 Å². The molecule has 2 nitrogen and oxygen atoms in total. The SMILES string of the molecule is CCc1ccc(-c2cnc(C3CCC(C=CCl)CC3)nc2)cc1. The number of benzene rings is 1. The Labute approximate surface area is 143 Å². The lowest BCUT2D eigenvalue weighted by Crippen LogP contribution is -2.13. The van der Waals surface area contributed by atoms with Crippen molar-refractivity contribution in [3.8, 4) is 11.1 Å². The van der Waals surface area contributed by atoms with Gasteiger partial charge in [0, 0.05) is 29.4 Å². The molecule has 3 heteroatoms. The van der Waals surface area contributed by atoms with Gasteiger partial charge in [0.2, 0.25) is 0 Å². The molecule has 2 aromatic rings. The molecular weight excluding hydrogens is 304 g/mol. The van der Waals surface area contributed by atoms with E-state index in [1.54, 1.807) is 5.54 Å². The van der Waals surface area contributed by atoms with Crippen molar-refractivity contribution >= 4 is 11.6 Å². The van der Waals surface area contributed by atoms with Crippen LogP contribution in [-0.2, 0) is 6.42 Å². The zero-order chi connectivity index (χ0) is 16.1. The van der Waals surface area contributed by atoms with Gasteiger partial charge in [-0.05, 0) is 49.1 Å². The van der Waals surface area contributed by atoms with Gasteiger partial charge in [-0.2, -0.15) is 0 Å². The number of aryl methyl sites for hydroxylation is 1. The van der Waals surface area contributed by atoms with Crippen LogP contribution in [-0.4, -0.2) is 9.97 Å². The molecule has 0 unspecified atom stereocenters. The fraction of sp³-hybridized carbons (Fsp3) is 0.400. The van der Waals surface area contributed by atoms with Gasteiger partial charge in [-0.15, -0.1) is 0 Å². The van der Waals surface area contributed by atoms with Crippen LogP contribution >= 0.6 is 11.6 Å². The maximum Gasteiger partial charge on any atom is 0.131 e. The predicted molar refractivity (Wildman–Crippen MR) is 96.5 cm³/mol. The molecule has 0 spiro atoms. The molecule has 1 aromatic heterocycles. The molecule has 0 N–H and O–H groups in total. The van der Waals surface area contributed by atoms with Crippen LogP contribution in [0.25, 0.3) is 11.1 Å². The minimum atomic E-state index is 0.492. The second kappa shape index (κ2) is 7.74. The Morgan fingerprint density at radius 2 is 1.65 bits per heavy atom. The molecule has 0 atom stereocenters. The number of allylic oxidation sites excluding steroid dienone is 1. The number of hydrogen-bond acceptors (Lipinski definition) is 2. The van der Waals surface area contributed by atoms with Gasteiger partial charge < -0.3 is 0 Å². The molecule has 1 aromatic carbocycles. The average molecular weight is 327 g/mol. The summed E-state index contributed by atoms with van der Waals surface area (Å²) < 4.78 is 0. The van der Waals surface area contributed by atoms with Gasteiger partial charge in [-0.25, -0.2) is 9.97 Å². The number of nitrogens with zero attached hydrogens (tertiary/aromatic N) is 2. The lowest BCUT2D eigenvalue weighted by molar-refractivity contribution is 0.366. The third kappa shape index (κ3) is 4.00. The Hall–Kier alpha value is -1.67. The first kappa shape index (κ1) is 16.2. The summed E-state index contributed by atoms with van der Waals surface area (Å²) in [6, 6.07) is 8.66. The lowest BCUT2D eigenvalue weighted by atomic mass is 9.81. The molecule has 0 saturated heterocycles. The van der Waals surface area contributed by atoms with E-state index in [-0.39, 0.29) is 0 Å². The van der Waals surface area contributed by atoms with E-state index >= 15 is 0 Å². The molecule has 1 saturated carbocycles. The summed E-state index contributed by atoms with van der Waals surface area (Å²) >= 11 is 5.68. The molecule has 0 amide bonds. The highest BCUT2D eigenvalue weighted by molar-refractivity contribution is 6.25. The Morgan fingerprint density at radius 3 is 2.22 bits per heavy atom. The highest BCUT2D eigenvalue weighted by Gasteiger charge is 2.22. The highest BCUT2D eigenvalue weighted by Crippen LogP contribution is 2.35. The van der Waals surface area contributed by atoms with E-state index in [2.05, 4.69) is 47.2 Å². The fourth-order valence-corrected chi connectivity index (χ4v) is 3.51. The summed E-state index contributed by atoms with van der Waals surface area (Å²) in [5.74, 6) is 2.11. The van der Waals surface area contributed by atoms with Crippen molar-refractivity contribution in [1.29, 1.82) is 0 Å². The van der Waals surface area contributed by atoms with Gasteiger partial charge in [0.05, 0.1) is 0 Å². The van der Waals surface area contributed by atoms with Crippen LogP contribution in [0.3, 0.4) is 0 Å². The molecule has 1 aliphatic carbocycles. The molecule has 1 fully saturated rings. The van der Waals surface area contributed by atoms with Gasteiger partial charge >= 0.3 is 0 Å². The van der Waals surface area contributed by atoms with Gasteiger partial charge in [0.1, 0.15) is 5.82 Å². The van der Waals surface area contributed by atoms with E-state index in [1.807, 2.05) is 12.4 Å². The first-order valence-corrected chi connectivity index (χ1v) is 8.92. The number of aromatic nitrogens is 2. The molecule has 1 heterocycles. The Bertz CT molecular complexity index is 638. The van der Waals surface area contributed by atoms with Crippen molar-refractivity contribution in [3.05, 3.63) is 59.7 Å². The van der Waals surface area contributed by atoms with E-state index in [9.17, 15) is 0 Å². The highest BCUT2D eigenvalue weighted by atomic mass is 35.5. The van der Waals surface area contributed by atoms with Crippen molar-refractivity contribution < 1.29 is 0 Å². The zero-order valence-corrected chi connectivity index (χ0v) is 14.3. The van der Waals surface area contributed by atoms with Crippen molar-refractivity contribution in [2.75, 3.05) is 0 Å². The van der Waals surface area contributed by atoms with Crippen molar-refractivity contribution in [2.24, 2.45) is 5.92 Å². The third-order valence-electron chi connectivity index (χ3n) is 4.85. The first-order valence-electron chi connectivity index (χ1n) is 8.48. The topological polar surface area (TPSA) is 25.8 Å². The van der Waals surface area contributed by atoms with Crippen molar-refractivity contribution in [2.45, 2.75) is 44.9 Å². The number of rotatable bonds is 4.